The number of hydrogen-bond donors (Lipinski definition) is 2. The van der Waals surface area contributed by atoms with Crippen LogP contribution in [0.3, 0.4) is 0 Å². The van der Waals surface area contributed by atoms with E-state index < -0.39 is 11.7 Å². The van der Waals surface area contributed by atoms with E-state index in [1.165, 1.54) is 0 Å². The summed E-state index contributed by atoms with van der Waals surface area (Å²) in [6.45, 7) is 0.511. The molecule has 0 atom stereocenters. The standard InChI is InChI=1S/C14H19F3N2O/c15-14(16,17)11-4-7-18-12(8-11)19-9-13(10-20)5-2-1-3-6-13/h4,7-8,20H,1-3,5-6,9-10H2,(H,18,19). The van der Waals surface area contributed by atoms with Gasteiger partial charge in [-0.3, -0.25) is 0 Å². The lowest BCUT2D eigenvalue weighted by atomic mass is 9.74. The zero-order valence-corrected chi connectivity index (χ0v) is 11.2. The Balaban J connectivity index is 2.03. The van der Waals surface area contributed by atoms with E-state index in [9.17, 15) is 18.3 Å². The average molecular weight is 288 g/mol. The molecule has 0 radical (unpaired) electrons. The minimum atomic E-state index is -4.36. The number of halogens is 3. The predicted molar refractivity (Wildman–Crippen MR) is 70.3 cm³/mol. The summed E-state index contributed by atoms with van der Waals surface area (Å²) < 4.78 is 37.8. The van der Waals surface area contributed by atoms with Gasteiger partial charge in [-0.05, 0) is 25.0 Å². The van der Waals surface area contributed by atoms with E-state index in [2.05, 4.69) is 10.3 Å². The lowest BCUT2D eigenvalue weighted by Crippen LogP contribution is -2.35. The van der Waals surface area contributed by atoms with Gasteiger partial charge in [0, 0.05) is 18.2 Å². The number of aliphatic hydroxyl groups is 1. The molecule has 1 aromatic heterocycles. The molecule has 0 aliphatic heterocycles. The van der Waals surface area contributed by atoms with E-state index in [1.54, 1.807) is 0 Å². The number of nitrogens with zero attached hydrogens (tertiary/aromatic N) is 1. The van der Waals surface area contributed by atoms with Crippen LogP contribution in [0.2, 0.25) is 0 Å². The molecule has 0 spiro atoms. The Bertz CT molecular complexity index is 442. The van der Waals surface area contributed by atoms with Gasteiger partial charge < -0.3 is 10.4 Å². The van der Waals surface area contributed by atoms with Gasteiger partial charge in [-0.25, -0.2) is 4.98 Å². The van der Waals surface area contributed by atoms with Crippen molar-refractivity contribution in [3.63, 3.8) is 0 Å². The fourth-order valence-corrected chi connectivity index (χ4v) is 2.67. The number of alkyl halides is 3. The number of pyridine rings is 1. The highest BCUT2D eigenvalue weighted by molar-refractivity contribution is 5.38. The van der Waals surface area contributed by atoms with Crippen molar-refractivity contribution in [1.82, 2.24) is 4.98 Å². The number of anilines is 1. The molecule has 0 amide bonds. The third-order valence-electron chi connectivity index (χ3n) is 3.98. The fourth-order valence-electron chi connectivity index (χ4n) is 2.67. The first-order chi connectivity index (χ1) is 9.45. The third-order valence-corrected chi connectivity index (χ3v) is 3.98. The van der Waals surface area contributed by atoms with Crippen LogP contribution < -0.4 is 5.32 Å². The van der Waals surface area contributed by atoms with Gasteiger partial charge in [0.25, 0.3) is 0 Å². The molecule has 3 nitrogen and oxygen atoms in total. The van der Waals surface area contributed by atoms with Gasteiger partial charge in [-0.2, -0.15) is 13.2 Å². The Morgan fingerprint density at radius 2 is 1.95 bits per heavy atom. The number of nitrogens with one attached hydrogen (secondary N) is 1. The molecular weight excluding hydrogens is 269 g/mol. The second-order valence-electron chi connectivity index (χ2n) is 5.50. The summed E-state index contributed by atoms with van der Waals surface area (Å²) in [4.78, 5) is 3.91. The Hall–Kier alpha value is -1.30. The van der Waals surface area contributed by atoms with Crippen LogP contribution in [0.5, 0.6) is 0 Å². The highest BCUT2D eigenvalue weighted by Gasteiger charge is 2.32. The molecule has 6 heteroatoms. The topological polar surface area (TPSA) is 45.1 Å². The van der Waals surface area contributed by atoms with E-state index >= 15 is 0 Å². The molecule has 1 aliphatic rings. The molecule has 1 heterocycles. The molecule has 2 rings (SSSR count). The maximum absolute atomic E-state index is 12.6. The molecule has 2 N–H and O–H groups in total. The first-order valence-corrected chi connectivity index (χ1v) is 6.83. The van der Waals surface area contributed by atoms with Gasteiger partial charge in [0.1, 0.15) is 5.82 Å². The molecule has 0 bridgehead atoms. The Labute approximate surface area is 116 Å². The summed E-state index contributed by atoms with van der Waals surface area (Å²) in [5, 5.41) is 12.5. The lowest BCUT2D eigenvalue weighted by molar-refractivity contribution is -0.137. The fraction of sp³-hybridized carbons (Fsp3) is 0.643. The Morgan fingerprint density at radius 1 is 1.25 bits per heavy atom. The lowest BCUT2D eigenvalue weighted by Gasteiger charge is -2.35. The molecule has 0 aromatic carbocycles. The molecule has 1 aliphatic carbocycles. The van der Waals surface area contributed by atoms with Crippen LogP contribution in [0.15, 0.2) is 18.3 Å². The third kappa shape index (κ3) is 3.62. The molecule has 1 aromatic rings. The molecule has 0 unspecified atom stereocenters. The van der Waals surface area contributed by atoms with E-state index in [1.807, 2.05) is 0 Å². The largest absolute Gasteiger partial charge is 0.416 e. The normalized spacial score (nSPS) is 18.8. The molecular formula is C14H19F3N2O. The van der Waals surface area contributed by atoms with Crippen molar-refractivity contribution in [1.29, 1.82) is 0 Å². The molecule has 1 saturated carbocycles. The molecule has 0 saturated heterocycles. The van der Waals surface area contributed by atoms with Crippen LogP contribution in [0.1, 0.15) is 37.7 Å². The van der Waals surface area contributed by atoms with E-state index in [-0.39, 0.29) is 17.8 Å². The maximum atomic E-state index is 12.6. The van der Waals surface area contributed by atoms with Gasteiger partial charge in [-0.15, -0.1) is 0 Å². The summed E-state index contributed by atoms with van der Waals surface area (Å²) in [5.74, 6) is 0.207. The van der Waals surface area contributed by atoms with Gasteiger partial charge in [-0.1, -0.05) is 19.3 Å². The Kier molecular flexibility index (Phi) is 4.52. The van der Waals surface area contributed by atoms with Crippen molar-refractivity contribution in [3.8, 4) is 0 Å². The van der Waals surface area contributed by atoms with Crippen LogP contribution in [0, 0.1) is 5.41 Å². The number of hydrogen-bond acceptors (Lipinski definition) is 3. The summed E-state index contributed by atoms with van der Waals surface area (Å²) >= 11 is 0. The second-order valence-corrected chi connectivity index (χ2v) is 5.50. The minimum absolute atomic E-state index is 0.0545. The summed E-state index contributed by atoms with van der Waals surface area (Å²) in [5.41, 5.74) is -0.939. The maximum Gasteiger partial charge on any atom is 0.416 e. The Morgan fingerprint density at radius 3 is 2.55 bits per heavy atom. The minimum Gasteiger partial charge on any atom is -0.396 e. The quantitative estimate of drug-likeness (QED) is 0.892. The summed E-state index contributed by atoms with van der Waals surface area (Å²) in [6, 6.07) is 1.96. The first-order valence-electron chi connectivity index (χ1n) is 6.83. The van der Waals surface area contributed by atoms with Crippen LogP contribution >= 0.6 is 0 Å². The van der Waals surface area contributed by atoms with Crippen LogP contribution in [-0.2, 0) is 6.18 Å². The van der Waals surface area contributed by atoms with Crippen molar-refractivity contribution in [2.45, 2.75) is 38.3 Å². The number of aromatic nitrogens is 1. The predicted octanol–water partition coefficient (Wildman–Crippen LogP) is 3.46. The highest BCUT2D eigenvalue weighted by Crippen LogP contribution is 2.36. The van der Waals surface area contributed by atoms with E-state index in [0.29, 0.717) is 6.54 Å². The molecule has 20 heavy (non-hydrogen) atoms. The van der Waals surface area contributed by atoms with Crippen LogP contribution in [0.25, 0.3) is 0 Å². The molecule has 1 fully saturated rings. The zero-order valence-electron chi connectivity index (χ0n) is 11.2. The second kappa shape index (κ2) is 5.99. The monoisotopic (exact) mass is 288 g/mol. The van der Waals surface area contributed by atoms with Crippen molar-refractivity contribution in [2.24, 2.45) is 5.41 Å². The SMILES string of the molecule is OCC1(CNc2cc(C(F)(F)F)ccn2)CCCCC1. The highest BCUT2D eigenvalue weighted by atomic mass is 19.4. The van der Waals surface area contributed by atoms with Crippen LogP contribution in [0.4, 0.5) is 19.0 Å². The molecule has 112 valence electrons. The van der Waals surface area contributed by atoms with Crippen molar-refractivity contribution >= 4 is 5.82 Å². The number of rotatable bonds is 4. The zero-order chi connectivity index (χ0) is 14.6. The summed E-state index contributed by atoms with van der Waals surface area (Å²) in [6.07, 6.45) is 1.85. The van der Waals surface area contributed by atoms with Gasteiger partial charge in [0.15, 0.2) is 0 Å². The van der Waals surface area contributed by atoms with Crippen LogP contribution in [-0.4, -0.2) is 23.2 Å². The number of aliphatic hydroxyl groups excluding tert-OH is 1. The van der Waals surface area contributed by atoms with Gasteiger partial charge >= 0.3 is 6.18 Å². The van der Waals surface area contributed by atoms with Crippen molar-refractivity contribution in [2.75, 3.05) is 18.5 Å². The smallest absolute Gasteiger partial charge is 0.396 e. The average Bonchev–Trinajstić information content (AvgIpc) is 2.46. The first kappa shape index (κ1) is 15.1. The van der Waals surface area contributed by atoms with Gasteiger partial charge in [0.05, 0.1) is 12.2 Å². The summed E-state index contributed by atoms with van der Waals surface area (Å²) in [7, 11) is 0. The van der Waals surface area contributed by atoms with Crippen molar-refractivity contribution in [3.05, 3.63) is 23.9 Å². The van der Waals surface area contributed by atoms with Gasteiger partial charge in [0.2, 0.25) is 0 Å². The van der Waals surface area contributed by atoms with Crippen molar-refractivity contribution < 1.29 is 18.3 Å². The van der Waals surface area contributed by atoms with E-state index in [0.717, 1.165) is 50.4 Å². The van der Waals surface area contributed by atoms with E-state index in [4.69, 9.17) is 0 Å².